The summed E-state index contributed by atoms with van der Waals surface area (Å²) in [5, 5.41) is 0. The fraction of sp³-hybridized carbons (Fsp3) is 0.133. The predicted octanol–water partition coefficient (Wildman–Crippen LogP) is 3.69. The van der Waals surface area contributed by atoms with Gasteiger partial charge in [-0.05, 0) is 23.3 Å². The highest BCUT2D eigenvalue weighted by molar-refractivity contribution is 9.10. The number of alkyl halides is 1. The van der Waals surface area contributed by atoms with Gasteiger partial charge in [0, 0.05) is 0 Å². The molecule has 1 heterocycles. The Hall–Kier alpha value is -1.61. The number of hydrogen-bond donors (Lipinski definition) is 0. The van der Waals surface area contributed by atoms with E-state index in [1.54, 1.807) is 0 Å². The third-order valence-corrected chi connectivity index (χ3v) is 3.70. The molecule has 0 aromatic heterocycles. The van der Waals surface area contributed by atoms with Crippen LogP contribution in [0, 0.1) is 0 Å². The monoisotopic (exact) mass is 302 g/mol. The van der Waals surface area contributed by atoms with Gasteiger partial charge in [-0.15, -0.1) is 0 Å². The van der Waals surface area contributed by atoms with E-state index in [9.17, 15) is 4.79 Å². The lowest BCUT2D eigenvalue weighted by atomic mass is 9.99. The number of ketones is 1. The molecule has 0 aliphatic carbocycles. The average Bonchev–Trinajstić information content (AvgIpc) is 2.44. The molecule has 0 unspecified atom stereocenters. The molecule has 0 spiro atoms. The van der Waals surface area contributed by atoms with E-state index in [1.165, 1.54) is 0 Å². The zero-order valence-corrected chi connectivity index (χ0v) is 11.2. The summed E-state index contributed by atoms with van der Waals surface area (Å²) < 4.78 is 5.60. The van der Waals surface area contributed by atoms with Gasteiger partial charge in [-0.1, -0.05) is 52.3 Å². The Morgan fingerprint density at radius 2 is 1.83 bits per heavy atom. The Balaban J connectivity index is 2.05. The van der Waals surface area contributed by atoms with Crippen molar-refractivity contribution in [1.82, 2.24) is 0 Å². The molecule has 2 aromatic rings. The fourth-order valence-electron chi connectivity index (χ4n) is 2.06. The van der Waals surface area contributed by atoms with Crippen LogP contribution in [-0.4, -0.2) is 17.2 Å². The first kappa shape index (κ1) is 11.5. The third-order valence-electron chi connectivity index (χ3n) is 3.02. The fourth-order valence-corrected chi connectivity index (χ4v) is 2.44. The highest BCUT2D eigenvalue weighted by Crippen LogP contribution is 2.32. The minimum Gasteiger partial charge on any atom is -0.491 e. The van der Waals surface area contributed by atoms with Gasteiger partial charge < -0.3 is 4.74 Å². The van der Waals surface area contributed by atoms with Crippen LogP contribution in [0.25, 0.3) is 11.1 Å². The Bertz CT molecular complexity index is 593. The average molecular weight is 303 g/mol. The molecule has 1 atom stereocenters. The standard InChI is InChI=1S/C15H11BrO2/c16-13-9-18-14-8-11(6-7-12(14)15(13)17)10-4-2-1-3-5-10/h1-8,13H,9H2/t13-/m0/s1. The van der Waals surface area contributed by atoms with Gasteiger partial charge in [0.25, 0.3) is 0 Å². The van der Waals surface area contributed by atoms with Crippen molar-refractivity contribution in [2.75, 3.05) is 6.61 Å². The lowest BCUT2D eigenvalue weighted by molar-refractivity contribution is 0.0946. The number of halogens is 1. The maximum absolute atomic E-state index is 11.9. The smallest absolute Gasteiger partial charge is 0.183 e. The molecular formula is C15H11BrO2. The largest absolute Gasteiger partial charge is 0.491 e. The highest BCUT2D eigenvalue weighted by Gasteiger charge is 2.26. The second kappa shape index (κ2) is 4.58. The van der Waals surface area contributed by atoms with Crippen LogP contribution in [0.2, 0.25) is 0 Å². The van der Waals surface area contributed by atoms with Gasteiger partial charge in [-0.2, -0.15) is 0 Å². The Kier molecular flexibility index (Phi) is 2.92. The van der Waals surface area contributed by atoms with Crippen molar-refractivity contribution in [3.05, 3.63) is 54.1 Å². The number of fused-ring (bicyclic) bond motifs is 1. The summed E-state index contributed by atoms with van der Waals surface area (Å²) in [6, 6.07) is 15.8. The molecule has 0 amide bonds. The van der Waals surface area contributed by atoms with Crippen LogP contribution >= 0.6 is 15.9 Å². The van der Waals surface area contributed by atoms with E-state index in [0.29, 0.717) is 17.9 Å². The van der Waals surface area contributed by atoms with E-state index in [1.807, 2.05) is 48.5 Å². The van der Waals surface area contributed by atoms with Crippen LogP contribution in [0.5, 0.6) is 5.75 Å². The number of benzene rings is 2. The second-order valence-electron chi connectivity index (χ2n) is 4.22. The highest BCUT2D eigenvalue weighted by atomic mass is 79.9. The van der Waals surface area contributed by atoms with Gasteiger partial charge in [-0.25, -0.2) is 0 Å². The summed E-state index contributed by atoms with van der Waals surface area (Å²) in [5.74, 6) is 0.771. The maximum atomic E-state index is 11.9. The van der Waals surface area contributed by atoms with Crippen LogP contribution in [0.3, 0.4) is 0 Å². The molecule has 3 heteroatoms. The first-order chi connectivity index (χ1) is 8.75. The van der Waals surface area contributed by atoms with E-state index >= 15 is 0 Å². The minimum atomic E-state index is -0.229. The van der Waals surface area contributed by atoms with Gasteiger partial charge in [-0.3, -0.25) is 4.79 Å². The summed E-state index contributed by atoms with van der Waals surface area (Å²) in [5.41, 5.74) is 2.84. The molecule has 0 radical (unpaired) electrons. The van der Waals surface area contributed by atoms with E-state index in [2.05, 4.69) is 15.9 Å². The van der Waals surface area contributed by atoms with Crippen molar-refractivity contribution in [2.24, 2.45) is 0 Å². The first-order valence-electron chi connectivity index (χ1n) is 5.76. The van der Waals surface area contributed by atoms with E-state index in [4.69, 9.17) is 4.74 Å². The van der Waals surface area contributed by atoms with E-state index in [0.717, 1.165) is 11.1 Å². The minimum absolute atomic E-state index is 0.0934. The van der Waals surface area contributed by atoms with Crippen LogP contribution in [-0.2, 0) is 0 Å². The second-order valence-corrected chi connectivity index (χ2v) is 5.33. The Morgan fingerprint density at radius 1 is 1.06 bits per heavy atom. The van der Waals surface area contributed by atoms with Crippen molar-refractivity contribution in [1.29, 1.82) is 0 Å². The van der Waals surface area contributed by atoms with Crippen LogP contribution in [0.15, 0.2) is 48.5 Å². The Labute approximate surface area is 114 Å². The molecule has 3 rings (SSSR count). The molecule has 0 N–H and O–H groups in total. The van der Waals surface area contributed by atoms with Crippen molar-refractivity contribution in [3.63, 3.8) is 0 Å². The third kappa shape index (κ3) is 1.95. The van der Waals surface area contributed by atoms with E-state index < -0.39 is 0 Å². The van der Waals surface area contributed by atoms with Crippen molar-refractivity contribution in [3.8, 4) is 16.9 Å². The van der Waals surface area contributed by atoms with Gasteiger partial charge >= 0.3 is 0 Å². The zero-order valence-electron chi connectivity index (χ0n) is 9.60. The van der Waals surface area contributed by atoms with Crippen LogP contribution in [0.1, 0.15) is 10.4 Å². The predicted molar refractivity (Wildman–Crippen MR) is 74.4 cm³/mol. The molecule has 2 nitrogen and oxygen atoms in total. The summed E-state index contributed by atoms with van der Waals surface area (Å²) in [7, 11) is 0. The molecule has 2 aromatic carbocycles. The van der Waals surface area contributed by atoms with Crippen LogP contribution in [0.4, 0.5) is 0 Å². The SMILES string of the molecule is O=C1c2ccc(-c3ccccc3)cc2OC[C@@H]1Br. The van der Waals surface area contributed by atoms with Crippen LogP contribution < -0.4 is 4.74 Å². The number of carbonyl (C=O) groups excluding carboxylic acids is 1. The first-order valence-corrected chi connectivity index (χ1v) is 6.68. The maximum Gasteiger partial charge on any atom is 0.183 e. The molecule has 0 bridgehead atoms. The van der Waals surface area contributed by atoms with Gasteiger partial charge in [0.15, 0.2) is 5.78 Å². The molecule has 1 aliphatic rings. The lowest BCUT2D eigenvalue weighted by Gasteiger charge is -2.20. The number of carbonyl (C=O) groups is 1. The normalized spacial score (nSPS) is 18.1. The number of Topliss-reactive ketones (excluding diaryl/α,β-unsaturated/α-hetero) is 1. The number of hydrogen-bond acceptors (Lipinski definition) is 2. The van der Waals surface area contributed by atoms with Gasteiger partial charge in [0.2, 0.25) is 0 Å². The van der Waals surface area contributed by atoms with E-state index in [-0.39, 0.29) is 10.6 Å². The summed E-state index contributed by atoms with van der Waals surface area (Å²) in [6.45, 7) is 0.393. The molecule has 18 heavy (non-hydrogen) atoms. The van der Waals surface area contributed by atoms with Gasteiger partial charge in [0.05, 0.1) is 5.56 Å². The number of ether oxygens (including phenoxy) is 1. The van der Waals surface area contributed by atoms with Crippen molar-refractivity contribution in [2.45, 2.75) is 4.83 Å². The molecule has 0 saturated carbocycles. The molecule has 0 fully saturated rings. The summed E-state index contributed by atoms with van der Waals surface area (Å²) in [4.78, 5) is 11.7. The van der Waals surface area contributed by atoms with Crippen molar-refractivity contribution < 1.29 is 9.53 Å². The quantitative estimate of drug-likeness (QED) is 0.751. The zero-order chi connectivity index (χ0) is 12.5. The molecule has 0 saturated heterocycles. The molecular weight excluding hydrogens is 292 g/mol. The van der Waals surface area contributed by atoms with Crippen molar-refractivity contribution >= 4 is 21.7 Å². The summed E-state index contributed by atoms with van der Waals surface area (Å²) >= 11 is 3.31. The summed E-state index contributed by atoms with van der Waals surface area (Å²) in [6.07, 6.45) is 0. The molecule has 1 aliphatic heterocycles. The lowest BCUT2D eigenvalue weighted by Crippen LogP contribution is -2.27. The Morgan fingerprint density at radius 3 is 2.61 bits per heavy atom. The topological polar surface area (TPSA) is 26.3 Å². The number of rotatable bonds is 1. The van der Waals surface area contributed by atoms with Gasteiger partial charge in [0.1, 0.15) is 17.2 Å². The molecule has 90 valence electrons.